The van der Waals surface area contributed by atoms with Crippen LogP contribution in [0.3, 0.4) is 0 Å². The van der Waals surface area contributed by atoms with E-state index in [1.54, 1.807) is 0 Å². The molecule has 1 atom stereocenters. The smallest absolute Gasteiger partial charge is 0.0351 e. The van der Waals surface area contributed by atoms with E-state index in [2.05, 4.69) is 20.4 Å². The fourth-order valence-electron chi connectivity index (χ4n) is 1.47. The molecule has 0 radical (unpaired) electrons. The minimum Gasteiger partial charge on any atom is -0.103 e. The topological polar surface area (TPSA) is 0 Å². The normalized spacial score (nSPS) is 12.8. The van der Waals surface area contributed by atoms with Gasteiger partial charge in [0, 0.05) is 0 Å². The first kappa shape index (κ1) is 11.7. The molecule has 0 aromatic rings. The van der Waals surface area contributed by atoms with E-state index < -0.39 is 0 Å². The zero-order valence-electron chi connectivity index (χ0n) is 8.81. The second-order valence-corrected chi connectivity index (χ2v) is 3.82. The maximum Gasteiger partial charge on any atom is -0.0351 e. The number of rotatable bonds is 8. The molecule has 0 aromatic carbocycles. The fourth-order valence-corrected chi connectivity index (χ4v) is 1.47. The van der Waals surface area contributed by atoms with Crippen molar-refractivity contribution in [3.8, 4) is 0 Å². The number of allylic oxidation sites excluding steroid dienone is 1. The molecule has 0 fully saturated rings. The predicted molar refractivity (Wildman–Crippen MR) is 57.4 cm³/mol. The zero-order chi connectivity index (χ0) is 9.23. The summed E-state index contributed by atoms with van der Waals surface area (Å²) in [6.45, 7) is 8.36. The van der Waals surface area contributed by atoms with E-state index in [1.165, 1.54) is 44.9 Å². The van der Waals surface area contributed by atoms with Gasteiger partial charge < -0.3 is 0 Å². The molecule has 0 aliphatic heterocycles. The van der Waals surface area contributed by atoms with Gasteiger partial charge >= 0.3 is 0 Å². The van der Waals surface area contributed by atoms with Crippen molar-refractivity contribution in [1.82, 2.24) is 0 Å². The maximum atomic E-state index is 3.74. The summed E-state index contributed by atoms with van der Waals surface area (Å²) >= 11 is 0. The SMILES string of the molecule is C=CCCC(C)CCCCCC. The van der Waals surface area contributed by atoms with E-state index in [4.69, 9.17) is 0 Å². The molecule has 0 amide bonds. The van der Waals surface area contributed by atoms with E-state index in [9.17, 15) is 0 Å². The van der Waals surface area contributed by atoms with Crippen molar-refractivity contribution in [1.29, 1.82) is 0 Å². The van der Waals surface area contributed by atoms with Crippen LogP contribution in [-0.4, -0.2) is 0 Å². The molecule has 0 N–H and O–H groups in total. The van der Waals surface area contributed by atoms with Crippen LogP contribution in [-0.2, 0) is 0 Å². The quantitative estimate of drug-likeness (QED) is 0.368. The molecule has 12 heavy (non-hydrogen) atoms. The lowest BCUT2D eigenvalue weighted by molar-refractivity contribution is 0.463. The number of hydrogen-bond donors (Lipinski definition) is 0. The van der Waals surface area contributed by atoms with Gasteiger partial charge in [-0.15, -0.1) is 6.58 Å². The van der Waals surface area contributed by atoms with Crippen molar-refractivity contribution in [2.75, 3.05) is 0 Å². The summed E-state index contributed by atoms with van der Waals surface area (Å²) in [4.78, 5) is 0. The molecule has 72 valence electrons. The number of unbranched alkanes of at least 4 members (excludes halogenated alkanes) is 3. The summed E-state index contributed by atoms with van der Waals surface area (Å²) < 4.78 is 0. The van der Waals surface area contributed by atoms with Crippen LogP contribution in [0, 0.1) is 5.92 Å². The Hall–Kier alpha value is -0.260. The lowest BCUT2D eigenvalue weighted by Gasteiger charge is -2.08. The van der Waals surface area contributed by atoms with Crippen molar-refractivity contribution in [2.24, 2.45) is 5.92 Å². The maximum absolute atomic E-state index is 3.74. The van der Waals surface area contributed by atoms with Crippen molar-refractivity contribution < 1.29 is 0 Å². The highest BCUT2D eigenvalue weighted by Gasteiger charge is 1.99. The van der Waals surface area contributed by atoms with Crippen LogP contribution < -0.4 is 0 Å². The largest absolute Gasteiger partial charge is 0.103 e. The molecular weight excluding hydrogens is 144 g/mol. The van der Waals surface area contributed by atoms with Crippen LogP contribution >= 0.6 is 0 Å². The fraction of sp³-hybridized carbons (Fsp3) is 0.833. The van der Waals surface area contributed by atoms with Crippen LogP contribution in [0.5, 0.6) is 0 Å². The van der Waals surface area contributed by atoms with Gasteiger partial charge in [-0.1, -0.05) is 52.0 Å². The van der Waals surface area contributed by atoms with Crippen molar-refractivity contribution >= 4 is 0 Å². The molecule has 0 spiro atoms. The van der Waals surface area contributed by atoms with E-state index in [1.807, 2.05) is 6.08 Å². The second-order valence-electron chi connectivity index (χ2n) is 3.82. The molecule has 0 nitrogen and oxygen atoms in total. The summed E-state index contributed by atoms with van der Waals surface area (Å²) in [7, 11) is 0. The third-order valence-electron chi connectivity index (χ3n) is 2.41. The highest BCUT2D eigenvalue weighted by Crippen LogP contribution is 2.15. The number of hydrogen-bond acceptors (Lipinski definition) is 0. The van der Waals surface area contributed by atoms with Gasteiger partial charge in [-0.05, 0) is 18.8 Å². The Morgan fingerprint density at radius 1 is 1.17 bits per heavy atom. The molecule has 1 unspecified atom stereocenters. The van der Waals surface area contributed by atoms with Gasteiger partial charge in [-0.25, -0.2) is 0 Å². The Balaban J connectivity index is 3.07. The first-order valence-corrected chi connectivity index (χ1v) is 5.42. The Kier molecular flexibility index (Phi) is 8.64. The molecule has 0 aliphatic carbocycles. The van der Waals surface area contributed by atoms with Crippen LogP contribution in [0.25, 0.3) is 0 Å². The monoisotopic (exact) mass is 168 g/mol. The standard InChI is InChI=1S/C12H24/c1-4-6-8-9-11-12(3)10-7-5-2/h5,12H,2,4,6-11H2,1,3H3. The lowest BCUT2D eigenvalue weighted by atomic mass is 9.98. The first-order valence-electron chi connectivity index (χ1n) is 5.42. The Morgan fingerprint density at radius 3 is 2.50 bits per heavy atom. The minimum atomic E-state index is 0.903. The Bertz CT molecular complexity index is 94.2. The van der Waals surface area contributed by atoms with Gasteiger partial charge in [-0.3, -0.25) is 0 Å². The molecule has 0 saturated carbocycles. The molecule has 0 saturated heterocycles. The van der Waals surface area contributed by atoms with Gasteiger partial charge in [0.05, 0.1) is 0 Å². The second kappa shape index (κ2) is 8.83. The van der Waals surface area contributed by atoms with Crippen LogP contribution in [0.15, 0.2) is 12.7 Å². The summed E-state index contributed by atoms with van der Waals surface area (Å²) in [5, 5.41) is 0. The Morgan fingerprint density at radius 2 is 1.92 bits per heavy atom. The van der Waals surface area contributed by atoms with Gasteiger partial charge in [0.1, 0.15) is 0 Å². The molecule has 0 rings (SSSR count). The third kappa shape index (κ3) is 7.84. The average Bonchev–Trinajstić information content (AvgIpc) is 2.09. The van der Waals surface area contributed by atoms with E-state index in [0.29, 0.717) is 0 Å². The van der Waals surface area contributed by atoms with Crippen LogP contribution in [0.4, 0.5) is 0 Å². The van der Waals surface area contributed by atoms with Crippen molar-refractivity contribution in [3.05, 3.63) is 12.7 Å². The molecule has 0 heteroatoms. The molecule has 0 aromatic heterocycles. The van der Waals surface area contributed by atoms with Crippen molar-refractivity contribution in [3.63, 3.8) is 0 Å². The van der Waals surface area contributed by atoms with E-state index in [0.717, 1.165) is 5.92 Å². The van der Waals surface area contributed by atoms with Gasteiger partial charge in [0.2, 0.25) is 0 Å². The van der Waals surface area contributed by atoms with Crippen LogP contribution in [0.2, 0.25) is 0 Å². The van der Waals surface area contributed by atoms with Gasteiger partial charge in [-0.2, -0.15) is 0 Å². The highest BCUT2D eigenvalue weighted by atomic mass is 14.1. The minimum absolute atomic E-state index is 0.903. The lowest BCUT2D eigenvalue weighted by Crippen LogP contribution is -1.93. The highest BCUT2D eigenvalue weighted by molar-refractivity contribution is 4.68. The first-order chi connectivity index (χ1) is 5.81. The summed E-state index contributed by atoms with van der Waals surface area (Å²) in [6, 6.07) is 0. The molecule has 0 aliphatic rings. The molecule has 0 bridgehead atoms. The van der Waals surface area contributed by atoms with Gasteiger partial charge in [0.25, 0.3) is 0 Å². The molecule has 0 heterocycles. The van der Waals surface area contributed by atoms with Crippen LogP contribution in [0.1, 0.15) is 58.8 Å². The summed E-state index contributed by atoms with van der Waals surface area (Å²) in [5.74, 6) is 0.903. The van der Waals surface area contributed by atoms with Gasteiger partial charge in [0.15, 0.2) is 0 Å². The van der Waals surface area contributed by atoms with Crippen molar-refractivity contribution in [2.45, 2.75) is 58.8 Å². The predicted octanol–water partition coefficient (Wildman–Crippen LogP) is 4.56. The average molecular weight is 168 g/mol. The summed E-state index contributed by atoms with van der Waals surface area (Å²) in [5.41, 5.74) is 0. The molecular formula is C12H24. The third-order valence-corrected chi connectivity index (χ3v) is 2.41. The van der Waals surface area contributed by atoms with E-state index >= 15 is 0 Å². The Labute approximate surface area is 78.1 Å². The zero-order valence-corrected chi connectivity index (χ0v) is 8.81. The van der Waals surface area contributed by atoms with E-state index in [-0.39, 0.29) is 0 Å². The summed E-state index contributed by atoms with van der Waals surface area (Å²) in [6.07, 6.45) is 11.6.